The number of aryl methyl sites for hydroxylation is 1. The Hall–Kier alpha value is -2.36. The molecule has 2 rings (SSSR count). The van der Waals surface area contributed by atoms with Gasteiger partial charge < -0.3 is 10.6 Å². The SMILES string of the molecule is Cc1ccc(CN(C)c2ccc(F)cc2C(=N)N)cc1. The van der Waals surface area contributed by atoms with Crippen LogP contribution in [0.25, 0.3) is 0 Å². The molecule has 0 saturated carbocycles. The monoisotopic (exact) mass is 271 g/mol. The zero-order chi connectivity index (χ0) is 14.7. The lowest BCUT2D eigenvalue weighted by atomic mass is 10.1. The van der Waals surface area contributed by atoms with Crippen LogP contribution in [-0.4, -0.2) is 12.9 Å². The van der Waals surface area contributed by atoms with Gasteiger partial charge in [0.2, 0.25) is 0 Å². The van der Waals surface area contributed by atoms with E-state index in [1.165, 1.54) is 17.7 Å². The summed E-state index contributed by atoms with van der Waals surface area (Å²) < 4.78 is 13.3. The highest BCUT2D eigenvalue weighted by Gasteiger charge is 2.11. The summed E-state index contributed by atoms with van der Waals surface area (Å²) in [5.74, 6) is -0.516. The van der Waals surface area contributed by atoms with E-state index < -0.39 is 0 Å². The molecule has 3 nitrogen and oxygen atoms in total. The molecule has 0 heterocycles. The molecule has 0 unspecified atom stereocenters. The fourth-order valence-electron chi connectivity index (χ4n) is 2.11. The van der Waals surface area contributed by atoms with Crippen LogP contribution in [0.2, 0.25) is 0 Å². The van der Waals surface area contributed by atoms with E-state index in [-0.39, 0.29) is 11.7 Å². The van der Waals surface area contributed by atoms with E-state index in [0.717, 1.165) is 11.3 Å². The van der Waals surface area contributed by atoms with E-state index in [1.807, 2.05) is 18.9 Å². The van der Waals surface area contributed by atoms with Gasteiger partial charge in [-0.15, -0.1) is 0 Å². The molecule has 0 amide bonds. The highest BCUT2D eigenvalue weighted by atomic mass is 19.1. The average Bonchev–Trinajstić information content (AvgIpc) is 2.41. The van der Waals surface area contributed by atoms with Crippen LogP contribution in [0.1, 0.15) is 16.7 Å². The molecule has 3 N–H and O–H groups in total. The molecule has 20 heavy (non-hydrogen) atoms. The van der Waals surface area contributed by atoms with Gasteiger partial charge in [-0.05, 0) is 30.7 Å². The molecule has 0 aliphatic carbocycles. The Bertz CT molecular complexity index is 620. The zero-order valence-corrected chi connectivity index (χ0v) is 11.7. The first-order valence-corrected chi connectivity index (χ1v) is 6.38. The van der Waals surface area contributed by atoms with Gasteiger partial charge in [0.25, 0.3) is 0 Å². The maximum Gasteiger partial charge on any atom is 0.125 e. The number of anilines is 1. The van der Waals surface area contributed by atoms with Gasteiger partial charge in [0, 0.05) is 24.8 Å². The lowest BCUT2D eigenvalue weighted by molar-refractivity contribution is 0.627. The molecule has 0 saturated heterocycles. The van der Waals surface area contributed by atoms with E-state index >= 15 is 0 Å². The molecule has 2 aromatic carbocycles. The summed E-state index contributed by atoms with van der Waals surface area (Å²) in [7, 11) is 1.90. The Balaban J connectivity index is 2.27. The molecular formula is C16H18FN3. The third-order valence-corrected chi connectivity index (χ3v) is 3.20. The normalized spacial score (nSPS) is 10.3. The van der Waals surface area contributed by atoms with Crippen molar-refractivity contribution < 1.29 is 4.39 Å². The van der Waals surface area contributed by atoms with Crippen molar-refractivity contribution in [1.82, 2.24) is 0 Å². The minimum atomic E-state index is -0.386. The number of halogens is 1. The lowest BCUT2D eigenvalue weighted by Crippen LogP contribution is -2.22. The number of nitrogens with two attached hydrogens (primary N) is 1. The van der Waals surface area contributed by atoms with Crippen LogP contribution >= 0.6 is 0 Å². The van der Waals surface area contributed by atoms with Crippen molar-refractivity contribution in [3.63, 3.8) is 0 Å². The van der Waals surface area contributed by atoms with Crippen molar-refractivity contribution in [1.29, 1.82) is 5.41 Å². The summed E-state index contributed by atoms with van der Waals surface area (Å²) in [4.78, 5) is 1.96. The largest absolute Gasteiger partial charge is 0.384 e. The molecule has 0 aliphatic heterocycles. The Morgan fingerprint density at radius 1 is 1.20 bits per heavy atom. The third kappa shape index (κ3) is 3.15. The third-order valence-electron chi connectivity index (χ3n) is 3.20. The second kappa shape index (κ2) is 5.74. The number of hydrogen-bond donors (Lipinski definition) is 2. The summed E-state index contributed by atoms with van der Waals surface area (Å²) in [6.45, 7) is 2.72. The molecule has 0 fully saturated rings. The van der Waals surface area contributed by atoms with Crippen molar-refractivity contribution in [3.8, 4) is 0 Å². The topological polar surface area (TPSA) is 53.1 Å². The average molecular weight is 271 g/mol. The van der Waals surface area contributed by atoms with Crippen molar-refractivity contribution in [3.05, 3.63) is 65.0 Å². The first-order valence-electron chi connectivity index (χ1n) is 6.38. The Labute approximate surface area is 118 Å². The quantitative estimate of drug-likeness (QED) is 0.663. The van der Waals surface area contributed by atoms with E-state index in [0.29, 0.717) is 12.1 Å². The van der Waals surface area contributed by atoms with Crippen molar-refractivity contribution >= 4 is 11.5 Å². The van der Waals surface area contributed by atoms with E-state index in [2.05, 4.69) is 24.3 Å². The predicted octanol–water partition coefficient (Wildman–Crippen LogP) is 3.05. The van der Waals surface area contributed by atoms with Gasteiger partial charge in [0.05, 0.1) is 0 Å². The van der Waals surface area contributed by atoms with Gasteiger partial charge in [-0.25, -0.2) is 4.39 Å². The van der Waals surface area contributed by atoms with Crippen LogP contribution in [0.15, 0.2) is 42.5 Å². The first-order chi connectivity index (χ1) is 9.47. The smallest absolute Gasteiger partial charge is 0.125 e. The molecular weight excluding hydrogens is 253 g/mol. The molecule has 4 heteroatoms. The molecule has 104 valence electrons. The number of amidine groups is 1. The summed E-state index contributed by atoms with van der Waals surface area (Å²) in [6, 6.07) is 12.6. The number of hydrogen-bond acceptors (Lipinski definition) is 2. The van der Waals surface area contributed by atoms with E-state index in [4.69, 9.17) is 11.1 Å². The van der Waals surface area contributed by atoms with Crippen LogP contribution in [-0.2, 0) is 6.54 Å². The molecule has 0 aromatic heterocycles. The molecule has 2 aromatic rings. The van der Waals surface area contributed by atoms with Gasteiger partial charge in [-0.2, -0.15) is 0 Å². The van der Waals surface area contributed by atoms with Crippen LogP contribution in [0.4, 0.5) is 10.1 Å². The standard InChI is InChI=1S/C16H18FN3/c1-11-3-5-12(6-4-11)10-20(2)15-8-7-13(17)9-14(15)16(18)19/h3-9H,10H2,1-2H3,(H3,18,19). The van der Waals surface area contributed by atoms with Gasteiger partial charge in [-0.1, -0.05) is 29.8 Å². The van der Waals surface area contributed by atoms with Crippen molar-refractivity contribution in [2.24, 2.45) is 5.73 Å². The first kappa shape index (κ1) is 14.1. The second-order valence-electron chi connectivity index (χ2n) is 4.92. The number of benzene rings is 2. The predicted molar refractivity (Wildman–Crippen MR) is 80.7 cm³/mol. The van der Waals surface area contributed by atoms with Crippen LogP contribution < -0.4 is 10.6 Å². The van der Waals surface area contributed by atoms with Crippen molar-refractivity contribution in [2.45, 2.75) is 13.5 Å². The molecule has 0 atom stereocenters. The molecule has 0 radical (unpaired) electrons. The van der Waals surface area contributed by atoms with Crippen LogP contribution in [0.5, 0.6) is 0 Å². The lowest BCUT2D eigenvalue weighted by Gasteiger charge is -2.22. The van der Waals surface area contributed by atoms with Gasteiger partial charge in [-0.3, -0.25) is 5.41 Å². The minimum Gasteiger partial charge on any atom is -0.384 e. The summed E-state index contributed by atoms with van der Waals surface area (Å²) >= 11 is 0. The molecule has 0 spiro atoms. The molecule has 0 bridgehead atoms. The number of nitrogen functional groups attached to an aromatic ring is 1. The highest BCUT2D eigenvalue weighted by Crippen LogP contribution is 2.22. The van der Waals surface area contributed by atoms with Crippen LogP contribution in [0.3, 0.4) is 0 Å². The maximum atomic E-state index is 13.3. The Morgan fingerprint density at radius 3 is 2.45 bits per heavy atom. The van der Waals surface area contributed by atoms with Gasteiger partial charge in [0.1, 0.15) is 11.7 Å². The van der Waals surface area contributed by atoms with Gasteiger partial charge >= 0.3 is 0 Å². The van der Waals surface area contributed by atoms with E-state index in [9.17, 15) is 4.39 Å². The zero-order valence-electron chi connectivity index (χ0n) is 11.7. The fraction of sp³-hybridized carbons (Fsp3) is 0.188. The number of nitrogens with zero attached hydrogens (tertiary/aromatic N) is 1. The minimum absolute atomic E-state index is 0.129. The summed E-state index contributed by atoms with van der Waals surface area (Å²) in [5, 5.41) is 7.56. The number of rotatable bonds is 4. The van der Waals surface area contributed by atoms with Gasteiger partial charge in [0.15, 0.2) is 0 Å². The Morgan fingerprint density at radius 2 is 1.85 bits per heavy atom. The number of nitrogens with one attached hydrogen (secondary N) is 1. The summed E-state index contributed by atoms with van der Waals surface area (Å²) in [6.07, 6.45) is 0. The van der Waals surface area contributed by atoms with Crippen LogP contribution in [0, 0.1) is 18.2 Å². The maximum absolute atomic E-state index is 13.3. The van der Waals surface area contributed by atoms with E-state index in [1.54, 1.807) is 6.07 Å². The highest BCUT2D eigenvalue weighted by molar-refractivity contribution is 6.00. The van der Waals surface area contributed by atoms with Crippen molar-refractivity contribution in [2.75, 3.05) is 11.9 Å². The summed E-state index contributed by atoms with van der Waals surface area (Å²) in [5.41, 5.74) is 9.05. The Kier molecular flexibility index (Phi) is 4.03. The second-order valence-corrected chi connectivity index (χ2v) is 4.92. The fourth-order valence-corrected chi connectivity index (χ4v) is 2.11. The molecule has 0 aliphatic rings.